The molecule has 2 heteroatoms. The molecule has 138 valence electrons. The normalized spacial score (nSPS) is 11.7. The van der Waals surface area contributed by atoms with Gasteiger partial charge >= 0.3 is 0 Å². The zero-order chi connectivity index (χ0) is 19.0. The molecule has 0 aliphatic carbocycles. The maximum Gasteiger partial charge on any atom is 0.176 e. The molecule has 1 N–H and O–H groups in total. The monoisotopic (exact) mass is 349 g/mol. The van der Waals surface area contributed by atoms with Gasteiger partial charge in [0.15, 0.2) is 5.60 Å². The molecule has 0 bridgehead atoms. The molecule has 0 amide bonds. The molecule has 0 saturated carbocycles. The molecule has 0 unspecified atom stereocenters. The summed E-state index contributed by atoms with van der Waals surface area (Å²) in [6, 6.07) is 19.4. The molecule has 0 aliphatic heterocycles. The van der Waals surface area contributed by atoms with Gasteiger partial charge in [0.05, 0.1) is 6.54 Å². The van der Waals surface area contributed by atoms with Gasteiger partial charge in [0.1, 0.15) is 0 Å². The second-order valence-electron chi connectivity index (χ2n) is 7.73. The smallest absolute Gasteiger partial charge is 0.176 e. The molecule has 0 aliphatic rings. The maximum absolute atomic E-state index is 11.4. The average Bonchev–Trinajstić information content (AvgIpc) is 2.62. The second-order valence-corrected chi connectivity index (χ2v) is 7.73. The highest BCUT2D eigenvalue weighted by atomic mass is 16.3. The number of nitrogens with zero attached hydrogens (tertiary/aromatic N) is 1. The van der Waals surface area contributed by atoms with Crippen LogP contribution in [0.15, 0.2) is 60.7 Å². The van der Waals surface area contributed by atoms with Crippen molar-refractivity contribution in [1.82, 2.24) is 4.90 Å². The van der Waals surface area contributed by atoms with Gasteiger partial charge in [0, 0.05) is 24.2 Å². The molecule has 2 aromatic rings. The number of hydrogen-bond donors (Lipinski definition) is 1. The van der Waals surface area contributed by atoms with E-state index in [1.54, 1.807) is 0 Å². The Morgan fingerprint density at radius 3 is 1.62 bits per heavy atom. The Balaban J connectivity index is 2.30. The number of benzene rings is 2. The summed E-state index contributed by atoms with van der Waals surface area (Å²) in [5.74, 6) is 7.62. The van der Waals surface area contributed by atoms with Crippen LogP contribution < -0.4 is 0 Å². The average molecular weight is 350 g/mol. The molecule has 0 radical (unpaired) electrons. The summed E-state index contributed by atoms with van der Waals surface area (Å²) >= 11 is 0. The maximum atomic E-state index is 11.4. The van der Waals surface area contributed by atoms with Gasteiger partial charge in [-0.15, -0.1) is 0 Å². The Morgan fingerprint density at radius 2 is 1.23 bits per heavy atom. The summed E-state index contributed by atoms with van der Waals surface area (Å²) in [6.07, 6.45) is 0. The van der Waals surface area contributed by atoms with Gasteiger partial charge in [-0.2, -0.15) is 0 Å². The van der Waals surface area contributed by atoms with Crippen molar-refractivity contribution in [3.8, 4) is 11.8 Å². The predicted octanol–water partition coefficient (Wildman–Crippen LogP) is 4.54. The molecule has 2 nitrogen and oxygen atoms in total. The molecule has 2 rings (SSSR count). The van der Waals surface area contributed by atoms with Gasteiger partial charge in [0.2, 0.25) is 0 Å². The zero-order valence-electron chi connectivity index (χ0n) is 16.4. The summed E-state index contributed by atoms with van der Waals surface area (Å²) in [5.41, 5.74) is 0.320. The van der Waals surface area contributed by atoms with Crippen molar-refractivity contribution < 1.29 is 5.11 Å². The van der Waals surface area contributed by atoms with Crippen LogP contribution in [0.25, 0.3) is 0 Å². The lowest BCUT2D eigenvalue weighted by Gasteiger charge is -2.25. The third-order valence-electron chi connectivity index (χ3n) is 4.20. The molecule has 0 spiro atoms. The van der Waals surface area contributed by atoms with Crippen LogP contribution in [0, 0.1) is 23.7 Å². The van der Waals surface area contributed by atoms with E-state index in [1.165, 1.54) is 0 Å². The van der Waals surface area contributed by atoms with E-state index in [0.717, 1.165) is 24.2 Å². The lowest BCUT2D eigenvalue weighted by molar-refractivity contribution is 0.145. The van der Waals surface area contributed by atoms with Crippen LogP contribution in [-0.4, -0.2) is 29.6 Å². The van der Waals surface area contributed by atoms with Gasteiger partial charge in [-0.05, 0) is 11.8 Å². The van der Waals surface area contributed by atoms with E-state index in [0.29, 0.717) is 18.4 Å². The molecule has 0 atom stereocenters. The highest BCUT2D eigenvalue weighted by Gasteiger charge is 2.29. The number of rotatable bonds is 7. The van der Waals surface area contributed by atoms with Crippen LogP contribution in [0.4, 0.5) is 0 Å². The summed E-state index contributed by atoms with van der Waals surface area (Å²) in [5, 5.41) is 11.4. The highest BCUT2D eigenvalue weighted by Crippen LogP contribution is 2.28. The Bertz CT molecular complexity index is 661. The molecule has 2 aromatic carbocycles. The number of aliphatic hydroxyl groups is 1. The van der Waals surface area contributed by atoms with E-state index >= 15 is 0 Å². The second kappa shape index (κ2) is 9.57. The fourth-order valence-electron chi connectivity index (χ4n) is 3.19. The minimum absolute atomic E-state index is 0.595. The van der Waals surface area contributed by atoms with Crippen molar-refractivity contribution in [2.24, 2.45) is 11.8 Å². The van der Waals surface area contributed by atoms with E-state index in [9.17, 15) is 5.11 Å². The van der Waals surface area contributed by atoms with Gasteiger partial charge in [-0.3, -0.25) is 4.90 Å². The van der Waals surface area contributed by atoms with Gasteiger partial charge in [0.25, 0.3) is 0 Å². The first kappa shape index (κ1) is 20.2. The van der Waals surface area contributed by atoms with Crippen molar-refractivity contribution in [2.45, 2.75) is 33.3 Å². The summed E-state index contributed by atoms with van der Waals surface area (Å²) in [6.45, 7) is 11.6. The third-order valence-corrected chi connectivity index (χ3v) is 4.20. The van der Waals surface area contributed by atoms with Crippen LogP contribution in [0.2, 0.25) is 0 Å². The molecule has 26 heavy (non-hydrogen) atoms. The van der Waals surface area contributed by atoms with Crippen LogP contribution in [0.3, 0.4) is 0 Å². The quantitative estimate of drug-likeness (QED) is 0.742. The zero-order valence-corrected chi connectivity index (χ0v) is 16.4. The van der Waals surface area contributed by atoms with E-state index in [1.807, 2.05) is 60.7 Å². The number of hydrogen-bond acceptors (Lipinski definition) is 2. The Hall–Kier alpha value is -2.08. The van der Waals surface area contributed by atoms with E-state index < -0.39 is 5.60 Å². The fourth-order valence-corrected chi connectivity index (χ4v) is 3.19. The van der Waals surface area contributed by atoms with Gasteiger partial charge < -0.3 is 5.11 Å². The third kappa shape index (κ3) is 5.73. The van der Waals surface area contributed by atoms with Crippen LogP contribution in [0.1, 0.15) is 38.8 Å². The lowest BCUT2D eigenvalue weighted by Crippen LogP contribution is -2.32. The summed E-state index contributed by atoms with van der Waals surface area (Å²) < 4.78 is 0. The molecular formula is C24H31NO. The van der Waals surface area contributed by atoms with E-state index in [-0.39, 0.29) is 0 Å². The van der Waals surface area contributed by atoms with E-state index in [2.05, 4.69) is 44.4 Å². The first-order valence-electron chi connectivity index (χ1n) is 9.47. The van der Waals surface area contributed by atoms with Crippen LogP contribution >= 0.6 is 0 Å². The van der Waals surface area contributed by atoms with Gasteiger partial charge in [-0.1, -0.05) is 100 Å². The van der Waals surface area contributed by atoms with Crippen molar-refractivity contribution in [1.29, 1.82) is 0 Å². The molecule has 0 saturated heterocycles. The minimum atomic E-state index is -1.29. The van der Waals surface area contributed by atoms with Gasteiger partial charge in [-0.25, -0.2) is 0 Å². The fraction of sp³-hybridized carbons (Fsp3) is 0.417. The SMILES string of the molecule is CC(C)CN(CC#CC(O)(c1ccccc1)c1ccccc1)CC(C)C. The highest BCUT2D eigenvalue weighted by molar-refractivity contribution is 5.44. The Morgan fingerprint density at radius 1 is 0.808 bits per heavy atom. The minimum Gasteiger partial charge on any atom is -0.369 e. The Labute approximate surface area is 158 Å². The molecule has 0 aromatic heterocycles. The summed E-state index contributed by atoms with van der Waals surface area (Å²) in [4.78, 5) is 2.37. The van der Waals surface area contributed by atoms with Crippen LogP contribution in [0.5, 0.6) is 0 Å². The first-order valence-corrected chi connectivity index (χ1v) is 9.47. The summed E-state index contributed by atoms with van der Waals surface area (Å²) in [7, 11) is 0. The predicted molar refractivity (Wildman–Crippen MR) is 110 cm³/mol. The van der Waals surface area contributed by atoms with Crippen molar-refractivity contribution in [3.63, 3.8) is 0 Å². The van der Waals surface area contributed by atoms with Crippen molar-refractivity contribution >= 4 is 0 Å². The standard InChI is InChI=1S/C24H31NO/c1-20(2)18-25(19-21(3)4)17-11-16-24(26,22-12-7-5-8-13-22)23-14-9-6-10-15-23/h5-10,12-15,20-21,26H,17-19H2,1-4H3. The van der Waals surface area contributed by atoms with Crippen molar-refractivity contribution in [2.75, 3.05) is 19.6 Å². The molecular weight excluding hydrogens is 318 g/mol. The van der Waals surface area contributed by atoms with E-state index in [4.69, 9.17) is 0 Å². The topological polar surface area (TPSA) is 23.5 Å². The first-order chi connectivity index (χ1) is 12.4. The lowest BCUT2D eigenvalue weighted by atomic mass is 9.87. The van der Waals surface area contributed by atoms with Crippen molar-refractivity contribution in [3.05, 3.63) is 71.8 Å². The molecule has 0 heterocycles. The largest absolute Gasteiger partial charge is 0.369 e. The van der Waals surface area contributed by atoms with Crippen LogP contribution in [-0.2, 0) is 5.60 Å². The Kier molecular flexibility index (Phi) is 7.45. The molecule has 0 fully saturated rings.